The van der Waals surface area contributed by atoms with Crippen LogP contribution < -0.4 is 23.7 Å². The Balaban J connectivity index is 1.44. The highest BCUT2D eigenvalue weighted by molar-refractivity contribution is 6.04. The number of ether oxygens (including phenoxy) is 5. The first-order valence-electron chi connectivity index (χ1n) is 14.9. The van der Waals surface area contributed by atoms with Crippen LogP contribution in [0.25, 0.3) is 0 Å². The Labute approximate surface area is 257 Å². The quantitative estimate of drug-likeness (QED) is 0.284. The zero-order valence-electron chi connectivity index (χ0n) is 25.5. The van der Waals surface area contributed by atoms with Crippen LogP contribution >= 0.6 is 0 Å². The van der Waals surface area contributed by atoms with Crippen molar-refractivity contribution in [3.05, 3.63) is 94.0 Å². The van der Waals surface area contributed by atoms with Crippen LogP contribution in [0.3, 0.4) is 0 Å². The van der Waals surface area contributed by atoms with Crippen molar-refractivity contribution in [1.29, 1.82) is 0 Å². The van der Waals surface area contributed by atoms with Crippen LogP contribution in [0.5, 0.6) is 46.0 Å². The summed E-state index contributed by atoms with van der Waals surface area (Å²) in [7, 11) is 6.96. The molecule has 6 aliphatic heterocycles. The lowest BCUT2D eigenvalue weighted by molar-refractivity contribution is 0.221. The largest absolute Gasteiger partial charge is 0.502 e. The predicted molar refractivity (Wildman–Crippen MR) is 169 cm³/mol. The minimum absolute atomic E-state index is 0.0280. The van der Waals surface area contributed by atoms with E-state index in [2.05, 4.69) is 30.1 Å². The first-order valence-corrected chi connectivity index (χ1v) is 14.9. The van der Waals surface area contributed by atoms with Crippen LogP contribution in [0.4, 0.5) is 0 Å². The second kappa shape index (κ2) is 11.4. The van der Waals surface area contributed by atoms with Gasteiger partial charge in [-0.05, 0) is 91.0 Å². The van der Waals surface area contributed by atoms with Crippen molar-refractivity contribution >= 4 is 5.71 Å². The van der Waals surface area contributed by atoms with Crippen LogP contribution in [0.2, 0.25) is 0 Å². The van der Waals surface area contributed by atoms with Gasteiger partial charge < -0.3 is 28.8 Å². The van der Waals surface area contributed by atoms with Gasteiger partial charge in [-0.3, -0.25) is 9.89 Å². The van der Waals surface area contributed by atoms with E-state index >= 15 is 0 Å². The van der Waals surface area contributed by atoms with Crippen LogP contribution in [-0.2, 0) is 25.7 Å². The van der Waals surface area contributed by atoms with Crippen molar-refractivity contribution in [3.63, 3.8) is 0 Å². The number of hydrogen-bond acceptors (Lipinski definition) is 8. The molecule has 4 aromatic carbocycles. The van der Waals surface area contributed by atoms with E-state index in [0.717, 1.165) is 64.2 Å². The summed E-state index contributed by atoms with van der Waals surface area (Å²) in [6, 6.07) is 20.1. The SMILES string of the molecule is COc1ccc2cc1Oc1ccc(cc1)CC1=NCCc3cc(c(OC)cc31)Oc1c(O)c(OC)cc3c1[C@H](C2)N(C)CC3. The molecule has 44 heavy (non-hydrogen) atoms. The fourth-order valence-electron chi connectivity index (χ4n) is 6.57. The minimum Gasteiger partial charge on any atom is -0.502 e. The monoisotopic (exact) mass is 592 g/mol. The van der Waals surface area contributed by atoms with E-state index in [1.807, 2.05) is 42.5 Å². The number of aliphatic imine (C=N–C) groups is 1. The van der Waals surface area contributed by atoms with E-state index in [1.165, 1.54) is 0 Å². The molecule has 0 fully saturated rings. The molecule has 6 heterocycles. The zero-order valence-corrected chi connectivity index (χ0v) is 25.5. The molecule has 8 heteroatoms. The number of rotatable bonds is 3. The normalized spacial score (nSPS) is 17.3. The van der Waals surface area contributed by atoms with E-state index in [4.69, 9.17) is 28.7 Å². The van der Waals surface area contributed by atoms with Crippen LogP contribution in [0.1, 0.15) is 39.4 Å². The second-order valence-electron chi connectivity index (χ2n) is 11.5. The molecule has 0 amide bonds. The van der Waals surface area contributed by atoms with Gasteiger partial charge in [0.25, 0.3) is 0 Å². The fourth-order valence-corrected chi connectivity index (χ4v) is 6.57. The molecule has 8 bridgehead atoms. The van der Waals surface area contributed by atoms with E-state index in [1.54, 1.807) is 21.3 Å². The molecular weight excluding hydrogens is 556 g/mol. The van der Waals surface area contributed by atoms with E-state index in [9.17, 15) is 5.11 Å². The van der Waals surface area contributed by atoms with Crippen LogP contribution in [0, 0.1) is 0 Å². The molecule has 0 saturated heterocycles. The molecule has 4 aromatic rings. The predicted octanol–water partition coefficient (Wildman–Crippen LogP) is 6.68. The van der Waals surface area contributed by atoms with Gasteiger partial charge in [0.1, 0.15) is 5.75 Å². The Kier molecular flexibility index (Phi) is 7.30. The van der Waals surface area contributed by atoms with Gasteiger partial charge in [-0.15, -0.1) is 0 Å². The van der Waals surface area contributed by atoms with Gasteiger partial charge in [-0.25, -0.2) is 0 Å². The Bertz CT molecular complexity index is 1760. The minimum atomic E-state index is -0.0875. The third kappa shape index (κ3) is 4.99. The van der Waals surface area contributed by atoms with Gasteiger partial charge in [0.2, 0.25) is 5.75 Å². The molecule has 0 saturated carbocycles. The number of phenols is 1. The first kappa shape index (κ1) is 28.1. The molecule has 0 aromatic heterocycles. The molecule has 10 rings (SSSR count). The van der Waals surface area contributed by atoms with Crippen molar-refractivity contribution in [3.8, 4) is 46.0 Å². The maximum Gasteiger partial charge on any atom is 0.201 e. The van der Waals surface area contributed by atoms with Gasteiger partial charge in [0.15, 0.2) is 34.5 Å². The maximum absolute atomic E-state index is 11.6. The summed E-state index contributed by atoms with van der Waals surface area (Å²) in [6.45, 7) is 1.54. The Morgan fingerprint density at radius 1 is 0.795 bits per heavy atom. The number of likely N-dealkylation sites (N-methyl/N-ethyl adjacent to an activating group) is 1. The van der Waals surface area contributed by atoms with Crippen molar-refractivity contribution in [1.82, 2.24) is 4.90 Å². The van der Waals surface area contributed by atoms with E-state index < -0.39 is 0 Å². The van der Waals surface area contributed by atoms with Crippen LogP contribution in [0.15, 0.2) is 65.7 Å². The number of methoxy groups -OCH3 is 3. The molecular formula is C36H36N2O6. The number of aromatic hydroxyl groups is 1. The average molecular weight is 593 g/mol. The summed E-state index contributed by atoms with van der Waals surface area (Å²) in [6.07, 6.45) is 2.92. The summed E-state index contributed by atoms with van der Waals surface area (Å²) in [5.74, 6) is 3.91. The van der Waals surface area contributed by atoms with E-state index in [-0.39, 0.29) is 11.8 Å². The van der Waals surface area contributed by atoms with E-state index in [0.29, 0.717) is 53.9 Å². The summed E-state index contributed by atoms with van der Waals surface area (Å²) < 4.78 is 30.3. The lowest BCUT2D eigenvalue weighted by Gasteiger charge is -2.36. The lowest BCUT2D eigenvalue weighted by Crippen LogP contribution is -2.33. The topological polar surface area (TPSA) is 82.0 Å². The Morgan fingerprint density at radius 3 is 2.32 bits per heavy atom. The highest BCUT2D eigenvalue weighted by atomic mass is 16.5. The molecule has 226 valence electrons. The molecule has 0 spiro atoms. The van der Waals surface area contributed by atoms with Gasteiger partial charge in [-0.2, -0.15) is 0 Å². The van der Waals surface area contributed by atoms with Gasteiger partial charge in [-0.1, -0.05) is 18.2 Å². The molecule has 0 radical (unpaired) electrons. The molecule has 1 atom stereocenters. The standard InChI is InChI=1S/C36H36N2O6/c1-38-14-12-24-19-33(42-4)35(39)36-34(24)28(38)16-22-7-10-29(40-2)31(17-22)43-25-8-5-21(6-9-25)15-27-26-20-30(41-3)32(44-36)18-23(26)11-13-37-27/h5-10,17-20,28,39H,11-16H2,1-4H3/t28-/m0/s1. The van der Waals surface area contributed by atoms with Crippen molar-refractivity contribution in [2.75, 3.05) is 41.5 Å². The van der Waals surface area contributed by atoms with Gasteiger partial charge in [0.05, 0.1) is 21.3 Å². The van der Waals surface area contributed by atoms with Crippen molar-refractivity contribution in [2.24, 2.45) is 4.99 Å². The smallest absolute Gasteiger partial charge is 0.201 e. The number of nitrogens with zero attached hydrogens (tertiary/aromatic N) is 2. The van der Waals surface area contributed by atoms with Crippen molar-refractivity contribution in [2.45, 2.75) is 31.7 Å². The molecule has 8 nitrogen and oxygen atoms in total. The van der Waals surface area contributed by atoms with Gasteiger partial charge >= 0.3 is 0 Å². The molecule has 0 unspecified atom stereocenters. The highest BCUT2D eigenvalue weighted by Gasteiger charge is 2.33. The summed E-state index contributed by atoms with van der Waals surface area (Å²) in [5, 5.41) is 11.6. The second-order valence-corrected chi connectivity index (χ2v) is 11.5. The maximum atomic E-state index is 11.6. The van der Waals surface area contributed by atoms with Crippen molar-refractivity contribution < 1.29 is 28.8 Å². The lowest BCUT2D eigenvalue weighted by atomic mass is 9.87. The zero-order chi connectivity index (χ0) is 30.4. The third-order valence-electron chi connectivity index (χ3n) is 8.94. The van der Waals surface area contributed by atoms with Crippen LogP contribution in [-0.4, -0.2) is 57.2 Å². The Morgan fingerprint density at radius 2 is 1.55 bits per heavy atom. The number of phenolic OH excluding ortho intramolecular Hbond substituents is 1. The van der Waals surface area contributed by atoms with Gasteiger partial charge in [0, 0.05) is 42.4 Å². The molecule has 0 aliphatic carbocycles. The molecule has 6 aliphatic rings. The third-order valence-corrected chi connectivity index (χ3v) is 8.94. The molecule has 1 N–H and O–H groups in total. The summed E-state index contributed by atoms with van der Waals surface area (Å²) in [5.41, 5.74) is 7.40. The fraction of sp³-hybridized carbons (Fsp3) is 0.306. The first-order chi connectivity index (χ1) is 21.4. The highest BCUT2D eigenvalue weighted by Crippen LogP contribution is 2.51. The number of hydrogen-bond donors (Lipinski definition) is 1. The summed E-state index contributed by atoms with van der Waals surface area (Å²) >= 11 is 0. The Hall–Kier alpha value is -4.69. The number of benzene rings is 4. The summed E-state index contributed by atoms with van der Waals surface area (Å²) in [4.78, 5) is 7.20. The average Bonchev–Trinajstić information content (AvgIpc) is 3.04.